The molecule has 2 aliphatic heterocycles. The Morgan fingerprint density at radius 3 is 2.50 bits per heavy atom. The van der Waals surface area contributed by atoms with Gasteiger partial charge >= 0.3 is 0 Å². The first-order chi connectivity index (χ1) is 9.60. The van der Waals surface area contributed by atoms with Crippen molar-refractivity contribution in [2.24, 2.45) is 0 Å². The normalized spacial score (nSPS) is 29.6. The second kappa shape index (κ2) is 6.12. The molecule has 0 aliphatic carbocycles. The van der Waals surface area contributed by atoms with Crippen LogP contribution in [0.3, 0.4) is 0 Å². The Morgan fingerprint density at radius 2 is 2.00 bits per heavy atom. The second-order valence-corrected chi connectivity index (χ2v) is 5.78. The van der Waals surface area contributed by atoms with E-state index in [1.807, 2.05) is 25.7 Å². The highest BCUT2D eigenvalue weighted by Gasteiger charge is 2.52. The SMILES string of the molecule is CCCC1NC(=O)C(CC)(CC)N(C2CCOC2)C1=O. The average molecular weight is 282 g/mol. The quantitative estimate of drug-likeness (QED) is 0.830. The molecule has 1 N–H and O–H groups in total. The molecule has 0 aromatic rings. The maximum absolute atomic E-state index is 12.8. The first-order valence-electron chi connectivity index (χ1n) is 7.82. The number of piperazine rings is 1. The van der Waals surface area contributed by atoms with E-state index in [4.69, 9.17) is 4.74 Å². The summed E-state index contributed by atoms with van der Waals surface area (Å²) in [6, 6.07) is -0.313. The summed E-state index contributed by atoms with van der Waals surface area (Å²) in [6.45, 7) is 7.24. The molecule has 2 unspecified atom stereocenters. The van der Waals surface area contributed by atoms with Gasteiger partial charge in [-0.05, 0) is 25.7 Å². The first-order valence-corrected chi connectivity index (χ1v) is 7.82. The number of carbonyl (C=O) groups excluding carboxylic acids is 2. The Bertz CT molecular complexity index is 373. The van der Waals surface area contributed by atoms with E-state index in [1.54, 1.807) is 0 Å². The number of carbonyl (C=O) groups is 2. The van der Waals surface area contributed by atoms with E-state index >= 15 is 0 Å². The minimum absolute atomic E-state index is 0.00690. The molecule has 5 heteroatoms. The van der Waals surface area contributed by atoms with Gasteiger partial charge in [0.25, 0.3) is 0 Å². The van der Waals surface area contributed by atoms with E-state index in [2.05, 4.69) is 5.32 Å². The van der Waals surface area contributed by atoms with E-state index in [9.17, 15) is 9.59 Å². The van der Waals surface area contributed by atoms with Gasteiger partial charge in [0.15, 0.2) is 0 Å². The van der Waals surface area contributed by atoms with E-state index < -0.39 is 5.54 Å². The van der Waals surface area contributed by atoms with Crippen molar-refractivity contribution in [2.75, 3.05) is 13.2 Å². The fraction of sp³-hybridized carbons (Fsp3) is 0.867. The maximum Gasteiger partial charge on any atom is 0.246 e. The van der Waals surface area contributed by atoms with Gasteiger partial charge in [0.1, 0.15) is 11.6 Å². The Kier molecular flexibility index (Phi) is 4.68. The summed E-state index contributed by atoms with van der Waals surface area (Å²) in [5.74, 6) is 0.0816. The molecule has 0 aromatic carbocycles. The minimum Gasteiger partial charge on any atom is -0.379 e. The van der Waals surface area contributed by atoms with Gasteiger partial charge in [0, 0.05) is 6.61 Å². The molecular weight excluding hydrogens is 256 g/mol. The number of ether oxygens (including phenoxy) is 1. The monoisotopic (exact) mass is 282 g/mol. The Labute approximate surface area is 121 Å². The molecule has 0 bridgehead atoms. The van der Waals surface area contributed by atoms with Crippen LogP contribution in [0.5, 0.6) is 0 Å². The van der Waals surface area contributed by atoms with Crippen LogP contribution in [-0.2, 0) is 14.3 Å². The summed E-state index contributed by atoms with van der Waals surface area (Å²) in [6.07, 6.45) is 3.72. The number of amides is 2. The number of hydrogen-bond acceptors (Lipinski definition) is 3. The predicted octanol–water partition coefficient (Wildman–Crippen LogP) is 1.46. The van der Waals surface area contributed by atoms with Crippen molar-refractivity contribution in [3.8, 4) is 0 Å². The van der Waals surface area contributed by atoms with Crippen molar-refractivity contribution in [3.05, 3.63) is 0 Å². The fourth-order valence-corrected chi connectivity index (χ4v) is 3.49. The largest absolute Gasteiger partial charge is 0.379 e. The summed E-state index contributed by atoms with van der Waals surface area (Å²) < 4.78 is 5.45. The van der Waals surface area contributed by atoms with Crippen LogP contribution in [0.1, 0.15) is 52.9 Å². The van der Waals surface area contributed by atoms with Gasteiger partial charge in [-0.3, -0.25) is 9.59 Å². The molecule has 2 fully saturated rings. The number of rotatable bonds is 5. The zero-order valence-electron chi connectivity index (χ0n) is 12.8. The Morgan fingerprint density at radius 1 is 1.30 bits per heavy atom. The summed E-state index contributed by atoms with van der Waals surface area (Å²) in [5.41, 5.74) is -0.695. The summed E-state index contributed by atoms with van der Waals surface area (Å²) in [7, 11) is 0. The van der Waals surface area contributed by atoms with Crippen molar-refractivity contribution >= 4 is 11.8 Å². The van der Waals surface area contributed by atoms with Crippen molar-refractivity contribution in [1.29, 1.82) is 0 Å². The third-order valence-electron chi connectivity index (χ3n) is 4.74. The molecule has 2 atom stereocenters. The first kappa shape index (κ1) is 15.3. The molecule has 0 radical (unpaired) electrons. The molecule has 0 spiro atoms. The topological polar surface area (TPSA) is 58.6 Å². The molecule has 20 heavy (non-hydrogen) atoms. The van der Waals surface area contributed by atoms with Crippen LogP contribution in [0.15, 0.2) is 0 Å². The molecule has 2 aliphatic rings. The van der Waals surface area contributed by atoms with Gasteiger partial charge < -0.3 is 15.0 Å². The van der Waals surface area contributed by atoms with Gasteiger partial charge in [-0.25, -0.2) is 0 Å². The Hall–Kier alpha value is -1.10. The van der Waals surface area contributed by atoms with E-state index in [0.29, 0.717) is 32.5 Å². The van der Waals surface area contributed by atoms with Gasteiger partial charge in [0.05, 0.1) is 12.6 Å². The lowest BCUT2D eigenvalue weighted by atomic mass is 9.83. The maximum atomic E-state index is 12.8. The van der Waals surface area contributed by atoms with Crippen molar-refractivity contribution in [3.63, 3.8) is 0 Å². The molecule has 114 valence electrons. The molecule has 0 saturated carbocycles. The van der Waals surface area contributed by atoms with Crippen LogP contribution >= 0.6 is 0 Å². The van der Waals surface area contributed by atoms with Crippen LogP contribution in [0.2, 0.25) is 0 Å². The molecule has 2 rings (SSSR count). The van der Waals surface area contributed by atoms with Crippen LogP contribution in [0, 0.1) is 0 Å². The number of hydrogen-bond donors (Lipinski definition) is 1. The smallest absolute Gasteiger partial charge is 0.246 e. The summed E-state index contributed by atoms with van der Waals surface area (Å²) >= 11 is 0. The third kappa shape index (κ3) is 2.32. The zero-order valence-corrected chi connectivity index (χ0v) is 12.8. The highest BCUT2D eigenvalue weighted by atomic mass is 16.5. The molecule has 5 nitrogen and oxygen atoms in total. The van der Waals surface area contributed by atoms with E-state index in [0.717, 1.165) is 12.8 Å². The second-order valence-electron chi connectivity index (χ2n) is 5.78. The summed E-state index contributed by atoms with van der Waals surface area (Å²) in [5, 5.41) is 2.94. The number of nitrogens with one attached hydrogen (secondary N) is 1. The highest BCUT2D eigenvalue weighted by Crippen LogP contribution is 2.33. The van der Waals surface area contributed by atoms with Crippen LogP contribution in [0.4, 0.5) is 0 Å². The zero-order chi connectivity index (χ0) is 14.8. The number of nitrogens with zero attached hydrogens (tertiary/aromatic N) is 1. The van der Waals surface area contributed by atoms with Gasteiger partial charge in [-0.2, -0.15) is 0 Å². The third-order valence-corrected chi connectivity index (χ3v) is 4.74. The predicted molar refractivity (Wildman–Crippen MR) is 76.2 cm³/mol. The lowest BCUT2D eigenvalue weighted by Gasteiger charge is -2.50. The van der Waals surface area contributed by atoms with Crippen LogP contribution in [0.25, 0.3) is 0 Å². The van der Waals surface area contributed by atoms with Crippen molar-refractivity contribution in [2.45, 2.75) is 70.5 Å². The van der Waals surface area contributed by atoms with Gasteiger partial charge in [-0.1, -0.05) is 27.2 Å². The van der Waals surface area contributed by atoms with E-state index in [-0.39, 0.29) is 23.9 Å². The Balaban J connectivity index is 2.35. The highest BCUT2D eigenvalue weighted by molar-refractivity contribution is 6.00. The van der Waals surface area contributed by atoms with Crippen molar-refractivity contribution in [1.82, 2.24) is 10.2 Å². The van der Waals surface area contributed by atoms with Crippen LogP contribution < -0.4 is 5.32 Å². The van der Waals surface area contributed by atoms with Crippen molar-refractivity contribution < 1.29 is 14.3 Å². The molecule has 2 heterocycles. The molecular formula is C15H26N2O3. The lowest BCUT2D eigenvalue weighted by Crippen LogP contribution is -2.72. The minimum atomic E-state index is -0.695. The lowest BCUT2D eigenvalue weighted by molar-refractivity contribution is -0.162. The standard InChI is InChI=1S/C15H26N2O3/c1-4-7-12-13(18)17(11-8-9-20-10-11)15(5-2,6-3)14(19)16-12/h11-12H,4-10H2,1-3H3,(H,16,19). The molecule has 2 amide bonds. The average Bonchev–Trinajstić information content (AvgIpc) is 2.96. The molecule has 2 saturated heterocycles. The summed E-state index contributed by atoms with van der Waals surface area (Å²) in [4.78, 5) is 27.3. The van der Waals surface area contributed by atoms with E-state index in [1.165, 1.54) is 0 Å². The van der Waals surface area contributed by atoms with Gasteiger partial charge in [-0.15, -0.1) is 0 Å². The molecule has 0 aromatic heterocycles. The van der Waals surface area contributed by atoms with Crippen LogP contribution in [-0.4, -0.2) is 47.6 Å². The van der Waals surface area contributed by atoms with Gasteiger partial charge in [0.2, 0.25) is 11.8 Å². The fourth-order valence-electron chi connectivity index (χ4n) is 3.49.